The molecule has 0 unspecified atom stereocenters. The van der Waals surface area contributed by atoms with Gasteiger partial charge in [-0.1, -0.05) is 68.8 Å². The van der Waals surface area contributed by atoms with E-state index < -0.39 is 10.0 Å². The van der Waals surface area contributed by atoms with Crippen LogP contribution in [0.3, 0.4) is 0 Å². The number of benzene rings is 3. The van der Waals surface area contributed by atoms with E-state index in [-0.39, 0.29) is 10.7 Å². The zero-order chi connectivity index (χ0) is 25.3. The number of rotatable bonds is 8. The molecule has 0 N–H and O–H groups in total. The molecule has 0 fully saturated rings. The number of aryl methyl sites for hydroxylation is 1. The molecule has 5 rings (SSSR count). The van der Waals surface area contributed by atoms with Crippen molar-refractivity contribution in [2.45, 2.75) is 37.5 Å². The fraction of sp³-hybridized carbons (Fsp3) is 0.167. The predicted molar refractivity (Wildman–Crippen MR) is 144 cm³/mol. The van der Waals surface area contributed by atoms with Crippen molar-refractivity contribution >= 4 is 37.5 Å². The van der Waals surface area contributed by atoms with Crippen molar-refractivity contribution in [2.75, 3.05) is 0 Å². The highest BCUT2D eigenvalue weighted by Gasteiger charge is 2.25. The minimum Gasteiger partial charge on any atom is -0.237 e. The molecular weight excluding hydrogens is 471 g/mol. The van der Waals surface area contributed by atoms with Crippen LogP contribution in [0.15, 0.2) is 96.5 Å². The summed E-state index contributed by atoms with van der Waals surface area (Å²) < 4.78 is 43.5. The van der Waals surface area contributed by atoms with E-state index in [0.29, 0.717) is 22.3 Å². The van der Waals surface area contributed by atoms with Gasteiger partial charge in [0, 0.05) is 22.5 Å². The molecule has 2 aromatic heterocycles. The van der Waals surface area contributed by atoms with Crippen LogP contribution in [0.25, 0.3) is 27.5 Å². The summed E-state index contributed by atoms with van der Waals surface area (Å²) in [7, 11) is -3.91. The zero-order valence-electron chi connectivity index (χ0n) is 20.1. The van der Waals surface area contributed by atoms with Crippen molar-refractivity contribution < 1.29 is 12.8 Å². The topological polar surface area (TPSA) is 52.0 Å². The van der Waals surface area contributed by atoms with Gasteiger partial charge in [-0.15, -0.1) is 0 Å². The lowest BCUT2D eigenvalue weighted by Crippen LogP contribution is -2.13. The summed E-state index contributed by atoms with van der Waals surface area (Å²) in [6.45, 7) is 6.30. The van der Waals surface area contributed by atoms with Crippen LogP contribution >= 0.6 is 0 Å². The summed E-state index contributed by atoms with van der Waals surface area (Å²) in [6.07, 6.45) is 5.66. The third-order valence-corrected chi connectivity index (χ3v) is 8.29. The summed E-state index contributed by atoms with van der Waals surface area (Å²) in [4.78, 5) is 4.74. The first-order valence-electron chi connectivity index (χ1n) is 12.1. The fourth-order valence-electron chi connectivity index (χ4n) is 4.73. The monoisotopic (exact) mass is 498 g/mol. The van der Waals surface area contributed by atoms with Gasteiger partial charge in [0.2, 0.25) is 0 Å². The van der Waals surface area contributed by atoms with Crippen LogP contribution in [0.4, 0.5) is 4.39 Å². The average molecular weight is 499 g/mol. The van der Waals surface area contributed by atoms with Gasteiger partial charge in [-0.25, -0.2) is 21.8 Å². The van der Waals surface area contributed by atoms with Crippen molar-refractivity contribution in [1.29, 1.82) is 0 Å². The Morgan fingerprint density at radius 1 is 0.972 bits per heavy atom. The maximum atomic E-state index is 14.5. The third kappa shape index (κ3) is 4.11. The molecule has 0 radical (unpaired) electrons. The van der Waals surface area contributed by atoms with Gasteiger partial charge < -0.3 is 0 Å². The van der Waals surface area contributed by atoms with E-state index in [1.54, 1.807) is 66.9 Å². The smallest absolute Gasteiger partial charge is 0.237 e. The van der Waals surface area contributed by atoms with E-state index in [4.69, 9.17) is 0 Å². The Kier molecular flexibility index (Phi) is 6.46. The Morgan fingerprint density at radius 3 is 2.47 bits per heavy atom. The van der Waals surface area contributed by atoms with Crippen LogP contribution in [0.1, 0.15) is 42.9 Å². The Bertz CT molecular complexity index is 1690. The van der Waals surface area contributed by atoms with E-state index in [1.165, 1.54) is 10.0 Å². The molecule has 182 valence electrons. The molecule has 5 aromatic rings. The first kappa shape index (κ1) is 23.9. The van der Waals surface area contributed by atoms with Crippen molar-refractivity contribution in [2.24, 2.45) is 0 Å². The Labute approximate surface area is 210 Å². The van der Waals surface area contributed by atoms with Crippen LogP contribution < -0.4 is 0 Å². The average Bonchev–Trinajstić information content (AvgIpc) is 3.24. The van der Waals surface area contributed by atoms with Gasteiger partial charge in [0.15, 0.2) is 5.65 Å². The summed E-state index contributed by atoms with van der Waals surface area (Å²) in [5, 5.41) is 1.57. The van der Waals surface area contributed by atoms with Crippen LogP contribution in [-0.4, -0.2) is 17.4 Å². The number of hydrogen-bond donors (Lipinski definition) is 0. The van der Waals surface area contributed by atoms with E-state index in [1.807, 2.05) is 12.1 Å². The van der Waals surface area contributed by atoms with Crippen molar-refractivity contribution in [3.63, 3.8) is 0 Å². The first-order chi connectivity index (χ1) is 17.4. The van der Waals surface area contributed by atoms with Gasteiger partial charge in [0.25, 0.3) is 10.0 Å². The van der Waals surface area contributed by atoms with Crippen molar-refractivity contribution in [1.82, 2.24) is 8.96 Å². The summed E-state index contributed by atoms with van der Waals surface area (Å²) in [5.41, 5.74) is 3.67. The molecule has 0 bridgehead atoms. The molecule has 0 saturated carbocycles. The fourth-order valence-corrected chi connectivity index (χ4v) is 6.22. The molecule has 2 heterocycles. The second kappa shape index (κ2) is 9.70. The SMILES string of the molecule is C=C(c1ccc2c(c1)c1c(CCCCC)ccnc1n2S(=O)(=O)c1ccccc1)c1ccccc1F. The lowest BCUT2D eigenvalue weighted by atomic mass is 9.96. The van der Waals surface area contributed by atoms with E-state index >= 15 is 0 Å². The van der Waals surface area contributed by atoms with Gasteiger partial charge in [-0.2, -0.15) is 0 Å². The summed E-state index contributed by atoms with van der Waals surface area (Å²) in [5.74, 6) is -0.349. The number of aromatic nitrogens is 2. The quantitative estimate of drug-likeness (QED) is 0.210. The zero-order valence-corrected chi connectivity index (χ0v) is 20.9. The highest BCUT2D eigenvalue weighted by molar-refractivity contribution is 7.90. The number of pyridine rings is 1. The van der Waals surface area contributed by atoms with Crippen LogP contribution in [0, 0.1) is 5.82 Å². The number of halogens is 1. The second-order valence-corrected chi connectivity index (χ2v) is 10.7. The minimum absolute atomic E-state index is 0.196. The molecular formula is C30H27FN2O2S. The number of hydrogen-bond acceptors (Lipinski definition) is 3. The molecule has 0 atom stereocenters. The Balaban J connectivity index is 1.79. The largest absolute Gasteiger partial charge is 0.269 e. The van der Waals surface area contributed by atoms with Crippen LogP contribution in [-0.2, 0) is 16.4 Å². The number of nitrogens with zero attached hydrogens (tertiary/aromatic N) is 2. The standard InChI is InChI=1S/C30H27FN2O2S/c1-3-4-6-11-22-18-19-32-30-29(22)26-20-23(21(2)25-14-9-10-15-27(25)31)16-17-28(26)33(30)36(34,35)24-12-7-5-8-13-24/h5,7-10,12-20H,2-4,6,11H2,1H3. The van der Waals surface area contributed by atoms with Crippen LogP contribution in [0.2, 0.25) is 0 Å². The molecule has 36 heavy (non-hydrogen) atoms. The molecule has 6 heteroatoms. The third-order valence-electron chi connectivity index (χ3n) is 6.57. The maximum absolute atomic E-state index is 14.5. The van der Waals surface area contributed by atoms with Gasteiger partial charge in [0.1, 0.15) is 5.82 Å². The highest BCUT2D eigenvalue weighted by atomic mass is 32.2. The minimum atomic E-state index is -3.91. The van der Waals surface area contributed by atoms with E-state index in [0.717, 1.165) is 47.6 Å². The summed E-state index contributed by atoms with van der Waals surface area (Å²) in [6, 6.07) is 22.4. The van der Waals surface area contributed by atoms with Crippen LogP contribution in [0.5, 0.6) is 0 Å². The van der Waals surface area contributed by atoms with Gasteiger partial charge in [-0.3, -0.25) is 0 Å². The van der Waals surface area contributed by atoms with Crippen molar-refractivity contribution in [3.8, 4) is 0 Å². The normalized spacial score (nSPS) is 11.8. The molecule has 3 aromatic carbocycles. The lowest BCUT2D eigenvalue weighted by Gasteiger charge is -2.10. The molecule has 0 aliphatic rings. The Hall–Kier alpha value is -3.77. The molecule has 0 aliphatic heterocycles. The van der Waals surface area contributed by atoms with Gasteiger partial charge in [-0.05, 0) is 65.9 Å². The predicted octanol–water partition coefficient (Wildman–Crippen LogP) is 7.36. The van der Waals surface area contributed by atoms with E-state index in [9.17, 15) is 12.8 Å². The molecule has 0 aliphatic carbocycles. The van der Waals surface area contributed by atoms with E-state index in [2.05, 4.69) is 18.5 Å². The van der Waals surface area contributed by atoms with Crippen molar-refractivity contribution in [3.05, 3.63) is 114 Å². The highest BCUT2D eigenvalue weighted by Crippen LogP contribution is 2.36. The number of fused-ring (bicyclic) bond motifs is 3. The number of unbranched alkanes of at least 4 members (excludes halogenated alkanes) is 2. The molecule has 4 nitrogen and oxygen atoms in total. The first-order valence-corrected chi connectivity index (χ1v) is 13.5. The lowest BCUT2D eigenvalue weighted by molar-refractivity contribution is 0.590. The Morgan fingerprint density at radius 2 is 1.72 bits per heavy atom. The molecule has 0 spiro atoms. The molecule has 0 saturated heterocycles. The summed E-state index contributed by atoms with van der Waals surface area (Å²) >= 11 is 0. The van der Waals surface area contributed by atoms with Gasteiger partial charge >= 0.3 is 0 Å². The van der Waals surface area contributed by atoms with Gasteiger partial charge in [0.05, 0.1) is 10.4 Å². The second-order valence-electron chi connectivity index (χ2n) is 8.90. The maximum Gasteiger partial charge on any atom is 0.269 e. The molecule has 0 amide bonds.